The summed E-state index contributed by atoms with van der Waals surface area (Å²) in [5, 5.41) is 0. The summed E-state index contributed by atoms with van der Waals surface area (Å²) in [6, 6.07) is 0. The third kappa shape index (κ3) is 2.02. The third-order valence-electron chi connectivity index (χ3n) is 2.94. The second-order valence-electron chi connectivity index (χ2n) is 3.69. The number of esters is 1. The third-order valence-corrected chi connectivity index (χ3v) is 2.94. The first-order valence-electron chi connectivity index (χ1n) is 4.92. The quantitative estimate of drug-likeness (QED) is 0.627. The molecule has 0 aromatic carbocycles. The minimum absolute atomic E-state index is 0.0151. The van der Waals surface area contributed by atoms with Crippen molar-refractivity contribution in [3.63, 3.8) is 0 Å². The molecule has 1 fully saturated rings. The van der Waals surface area contributed by atoms with Crippen molar-refractivity contribution in [1.82, 2.24) is 0 Å². The molecule has 1 atom stereocenters. The summed E-state index contributed by atoms with van der Waals surface area (Å²) in [6.07, 6.45) is 1.44. The molecule has 3 nitrogen and oxygen atoms in total. The number of hydrogen-bond donors (Lipinski definition) is 0. The fraction of sp³-hybridized carbons (Fsp3) is 0.900. The topological polar surface area (TPSA) is 35.5 Å². The van der Waals surface area contributed by atoms with Crippen LogP contribution < -0.4 is 0 Å². The van der Waals surface area contributed by atoms with Gasteiger partial charge in [-0.05, 0) is 13.3 Å². The highest BCUT2D eigenvalue weighted by Gasteiger charge is 2.43. The Balaban J connectivity index is 2.45. The van der Waals surface area contributed by atoms with Crippen LogP contribution in [-0.2, 0) is 14.3 Å². The normalized spacial score (nSPS) is 21.8. The van der Waals surface area contributed by atoms with Crippen LogP contribution in [0.15, 0.2) is 0 Å². The lowest BCUT2D eigenvalue weighted by molar-refractivity contribution is -0.192. The first-order chi connectivity index (χ1) is 6.14. The first kappa shape index (κ1) is 10.5. The average molecular weight is 186 g/mol. The molecule has 0 spiro atoms. The van der Waals surface area contributed by atoms with Crippen molar-refractivity contribution in [2.24, 2.45) is 5.41 Å². The molecule has 1 saturated heterocycles. The Kier molecular flexibility index (Phi) is 3.31. The zero-order valence-corrected chi connectivity index (χ0v) is 8.63. The van der Waals surface area contributed by atoms with Crippen LogP contribution in [0.5, 0.6) is 0 Å². The molecule has 0 N–H and O–H groups in total. The molecule has 0 radical (unpaired) electrons. The molecule has 0 bridgehead atoms. The smallest absolute Gasteiger partial charge is 0.305 e. The standard InChI is InChI=1S/C10H18O3/c1-4-9(11)13-8(3)10(5-2)6-12-7-10/h8H,4-7H2,1-3H3. The maximum Gasteiger partial charge on any atom is 0.305 e. The van der Waals surface area contributed by atoms with Gasteiger partial charge in [0.25, 0.3) is 0 Å². The van der Waals surface area contributed by atoms with Crippen molar-refractivity contribution in [3.8, 4) is 0 Å². The Hall–Kier alpha value is -0.570. The van der Waals surface area contributed by atoms with E-state index in [0.717, 1.165) is 19.6 Å². The van der Waals surface area contributed by atoms with Gasteiger partial charge in [0.05, 0.1) is 18.6 Å². The number of carbonyl (C=O) groups excluding carboxylic acids is 1. The number of carbonyl (C=O) groups is 1. The van der Waals surface area contributed by atoms with Gasteiger partial charge in [0, 0.05) is 6.42 Å². The van der Waals surface area contributed by atoms with Gasteiger partial charge in [-0.3, -0.25) is 4.79 Å². The zero-order chi connectivity index (χ0) is 9.90. The Morgan fingerprint density at radius 3 is 2.46 bits per heavy atom. The molecule has 1 aliphatic heterocycles. The van der Waals surface area contributed by atoms with E-state index >= 15 is 0 Å². The number of hydrogen-bond acceptors (Lipinski definition) is 3. The second kappa shape index (κ2) is 4.09. The van der Waals surface area contributed by atoms with Crippen LogP contribution in [0.25, 0.3) is 0 Å². The average Bonchev–Trinajstić information content (AvgIpc) is 2.03. The van der Waals surface area contributed by atoms with Gasteiger partial charge < -0.3 is 9.47 Å². The fourth-order valence-corrected chi connectivity index (χ4v) is 1.50. The molecule has 76 valence electrons. The van der Waals surface area contributed by atoms with Crippen molar-refractivity contribution in [2.45, 2.75) is 39.7 Å². The van der Waals surface area contributed by atoms with Crippen LogP contribution in [0.2, 0.25) is 0 Å². The Bertz CT molecular complexity index is 179. The van der Waals surface area contributed by atoms with Gasteiger partial charge in [0.15, 0.2) is 0 Å². The predicted octanol–water partition coefficient (Wildman–Crippen LogP) is 1.75. The molecular formula is C10H18O3. The van der Waals surface area contributed by atoms with Crippen molar-refractivity contribution in [3.05, 3.63) is 0 Å². The molecule has 1 rings (SSSR count). The van der Waals surface area contributed by atoms with E-state index in [1.54, 1.807) is 0 Å². The Morgan fingerprint density at radius 1 is 1.54 bits per heavy atom. The highest BCUT2D eigenvalue weighted by molar-refractivity contribution is 5.69. The maximum absolute atomic E-state index is 11.1. The summed E-state index contributed by atoms with van der Waals surface area (Å²) < 4.78 is 10.5. The van der Waals surface area contributed by atoms with E-state index in [-0.39, 0.29) is 17.5 Å². The molecule has 0 amide bonds. The van der Waals surface area contributed by atoms with Crippen LogP contribution in [-0.4, -0.2) is 25.3 Å². The molecule has 3 heteroatoms. The molecule has 1 unspecified atom stereocenters. The van der Waals surface area contributed by atoms with E-state index in [1.807, 2.05) is 13.8 Å². The summed E-state index contributed by atoms with van der Waals surface area (Å²) >= 11 is 0. The van der Waals surface area contributed by atoms with Crippen LogP contribution in [0.1, 0.15) is 33.6 Å². The molecule has 0 aromatic heterocycles. The van der Waals surface area contributed by atoms with Gasteiger partial charge in [0.2, 0.25) is 0 Å². The van der Waals surface area contributed by atoms with E-state index in [1.165, 1.54) is 0 Å². The monoisotopic (exact) mass is 186 g/mol. The van der Waals surface area contributed by atoms with Crippen LogP contribution in [0, 0.1) is 5.41 Å². The van der Waals surface area contributed by atoms with Gasteiger partial charge in [-0.2, -0.15) is 0 Å². The SMILES string of the molecule is CCC(=O)OC(C)C1(CC)COC1. The highest BCUT2D eigenvalue weighted by Crippen LogP contribution is 2.36. The van der Waals surface area contributed by atoms with E-state index in [0.29, 0.717) is 6.42 Å². The highest BCUT2D eigenvalue weighted by atomic mass is 16.6. The van der Waals surface area contributed by atoms with Crippen LogP contribution in [0.3, 0.4) is 0 Å². The van der Waals surface area contributed by atoms with E-state index in [9.17, 15) is 4.79 Å². The van der Waals surface area contributed by atoms with Crippen molar-refractivity contribution in [2.75, 3.05) is 13.2 Å². The number of ether oxygens (including phenoxy) is 2. The molecule has 1 heterocycles. The van der Waals surface area contributed by atoms with E-state index in [2.05, 4.69) is 6.92 Å². The minimum atomic E-state index is -0.118. The molecule has 13 heavy (non-hydrogen) atoms. The van der Waals surface area contributed by atoms with Crippen molar-refractivity contribution < 1.29 is 14.3 Å². The Labute approximate surface area is 79.4 Å². The summed E-state index contributed by atoms with van der Waals surface area (Å²) in [5.41, 5.74) is 0.0881. The van der Waals surface area contributed by atoms with Gasteiger partial charge in [-0.25, -0.2) is 0 Å². The fourth-order valence-electron chi connectivity index (χ4n) is 1.50. The molecule has 0 saturated carbocycles. The lowest BCUT2D eigenvalue weighted by Crippen LogP contribution is -2.51. The van der Waals surface area contributed by atoms with E-state index in [4.69, 9.17) is 9.47 Å². The summed E-state index contributed by atoms with van der Waals surface area (Å²) in [4.78, 5) is 11.1. The predicted molar refractivity (Wildman–Crippen MR) is 49.4 cm³/mol. The largest absolute Gasteiger partial charge is 0.462 e. The molecule has 0 aliphatic carbocycles. The summed E-state index contributed by atoms with van der Waals surface area (Å²) in [5.74, 6) is -0.118. The van der Waals surface area contributed by atoms with Crippen molar-refractivity contribution >= 4 is 5.97 Å². The van der Waals surface area contributed by atoms with Gasteiger partial charge in [-0.15, -0.1) is 0 Å². The Morgan fingerprint density at radius 2 is 2.15 bits per heavy atom. The molecular weight excluding hydrogens is 168 g/mol. The van der Waals surface area contributed by atoms with Gasteiger partial charge in [-0.1, -0.05) is 13.8 Å². The first-order valence-corrected chi connectivity index (χ1v) is 4.92. The minimum Gasteiger partial charge on any atom is -0.462 e. The summed E-state index contributed by atoms with van der Waals surface area (Å²) in [7, 11) is 0. The van der Waals surface area contributed by atoms with Crippen molar-refractivity contribution in [1.29, 1.82) is 0 Å². The van der Waals surface area contributed by atoms with Crippen LogP contribution >= 0.6 is 0 Å². The van der Waals surface area contributed by atoms with Crippen LogP contribution in [0.4, 0.5) is 0 Å². The lowest BCUT2D eigenvalue weighted by atomic mass is 9.78. The molecule has 1 aliphatic rings. The van der Waals surface area contributed by atoms with Gasteiger partial charge in [0.1, 0.15) is 6.10 Å². The zero-order valence-electron chi connectivity index (χ0n) is 8.63. The molecule has 0 aromatic rings. The van der Waals surface area contributed by atoms with E-state index < -0.39 is 0 Å². The lowest BCUT2D eigenvalue weighted by Gasteiger charge is -2.44. The summed E-state index contributed by atoms with van der Waals surface area (Å²) in [6.45, 7) is 7.33. The second-order valence-corrected chi connectivity index (χ2v) is 3.69. The van der Waals surface area contributed by atoms with Gasteiger partial charge >= 0.3 is 5.97 Å². The maximum atomic E-state index is 11.1. The number of rotatable bonds is 4.